The van der Waals surface area contributed by atoms with Crippen molar-refractivity contribution in [2.45, 2.75) is 84.0 Å². The largest absolute Gasteiger partial charge is 0.481 e. The highest BCUT2D eigenvalue weighted by Crippen LogP contribution is 2.12. The molecule has 0 bridgehead atoms. The second-order valence-corrected chi connectivity index (χ2v) is 8.35. The smallest absolute Gasteiger partial charge is 0.326 e. The van der Waals surface area contributed by atoms with Crippen LogP contribution in [0.2, 0.25) is 0 Å². The third-order valence-electron chi connectivity index (χ3n) is 5.66. The lowest BCUT2D eigenvalue weighted by Gasteiger charge is -2.28. The van der Waals surface area contributed by atoms with E-state index in [0.717, 1.165) is 0 Å². The molecular formula is C21H37N5O8. The molecule has 0 aliphatic heterocycles. The number of amides is 4. The third kappa shape index (κ3) is 10.6. The molecule has 0 spiro atoms. The lowest BCUT2D eigenvalue weighted by molar-refractivity contribution is -0.147. The van der Waals surface area contributed by atoms with Crippen LogP contribution in [0.4, 0.5) is 0 Å². The van der Waals surface area contributed by atoms with Crippen LogP contribution in [0, 0.1) is 11.8 Å². The van der Waals surface area contributed by atoms with E-state index in [0.29, 0.717) is 12.8 Å². The third-order valence-corrected chi connectivity index (χ3v) is 5.66. The van der Waals surface area contributed by atoms with Gasteiger partial charge in [0.15, 0.2) is 0 Å². The first kappa shape index (κ1) is 30.8. The maximum atomic E-state index is 13.0. The van der Waals surface area contributed by atoms with Crippen LogP contribution in [0.25, 0.3) is 0 Å². The van der Waals surface area contributed by atoms with E-state index >= 15 is 0 Å². The van der Waals surface area contributed by atoms with Crippen molar-refractivity contribution in [3.63, 3.8) is 0 Å². The maximum Gasteiger partial charge on any atom is 0.326 e. The van der Waals surface area contributed by atoms with Gasteiger partial charge >= 0.3 is 11.9 Å². The highest BCUT2D eigenvalue weighted by Gasteiger charge is 2.33. The second kappa shape index (κ2) is 14.8. The Morgan fingerprint density at radius 3 is 1.76 bits per heavy atom. The van der Waals surface area contributed by atoms with E-state index in [1.807, 2.05) is 12.2 Å². The van der Waals surface area contributed by atoms with Gasteiger partial charge in [-0.3, -0.25) is 24.0 Å². The number of nitrogens with one attached hydrogen (secondary N) is 3. The molecule has 34 heavy (non-hydrogen) atoms. The molecule has 0 fully saturated rings. The average Bonchev–Trinajstić information content (AvgIpc) is 2.76. The number of hydrogen-bond donors (Lipinski definition) is 7. The molecule has 0 saturated carbocycles. The van der Waals surface area contributed by atoms with E-state index in [1.165, 1.54) is 0 Å². The minimum Gasteiger partial charge on any atom is -0.481 e. The zero-order valence-corrected chi connectivity index (χ0v) is 20.0. The molecule has 4 amide bonds. The summed E-state index contributed by atoms with van der Waals surface area (Å²) in [5.74, 6) is -6.59. The predicted molar refractivity (Wildman–Crippen MR) is 121 cm³/mol. The van der Waals surface area contributed by atoms with Crippen molar-refractivity contribution in [2.75, 3.05) is 0 Å². The standard InChI is InChI=1S/C21H37N5O8/c1-5-10(3)16(23)19(31)26-17(11(4)6-2)20(32)24-12(7-8-14(22)27)18(30)25-13(21(33)34)9-15(28)29/h10-13,16-17H,5-9,23H2,1-4H3,(H2,22,27)(H,24,32)(H,25,30)(H,26,31)(H,28,29)(H,33,34). The van der Waals surface area contributed by atoms with Gasteiger partial charge in [0.2, 0.25) is 23.6 Å². The summed E-state index contributed by atoms with van der Waals surface area (Å²) in [6.07, 6.45) is -0.329. The van der Waals surface area contributed by atoms with Crippen molar-refractivity contribution < 1.29 is 39.0 Å². The van der Waals surface area contributed by atoms with Gasteiger partial charge in [0, 0.05) is 6.42 Å². The minimum absolute atomic E-state index is 0.142. The van der Waals surface area contributed by atoms with Gasteiger partial charge in [-0.15, -0.1) is 0 Å². The average molecular weight is 488 g/mol. The van der Waals surface area contributed by atoms with Crippen LogP contribution in [-0.4, -0.2) is 69.9 Å². The van der Waals surface area contributed by atoms with Gasteiger partial charge in [0.1, 0.15) is 18.1 Å². The number of primary amides is 1. The molecule has 6 unspecified atom stereocenters. The molecule has 13 nitrogen and oxygen atoms in total. The summed E-state index contributed by atoms with van der Waals surface area (Å²) < 4.78 is 0. The van der Waals surface area contributed by atoms with E-state index in [9.17, 15) is 28.8 Å². The Morgan fingerprint density at radius 1 is 0.794 bits per heavy atom. The quantitative estimate of drug-likeness (QED) is 0.137. The Labute approximate surface area is 198 Å². The normalized spacial score (nSPS) is 16.1. The summed E-state index contributed by atoms with van der Waals surface area (Å²) in [5, 5.41) is 25.1. The Balaban J connectivity index is 5.68. The molecule has 9 N–H and O–H groups in total. The minimum atomic E-state index is -1.75. The molecule has 0 aliphatic rings. The van der Waals surface area contributed by atoms with Gasteiger partial charge < -0.3 is 37.6 Å². The van der Waals surface area contributed by atoms with Crippen LogP contribution in [0.1, 0.15) is 59.8 Å². The molecule has 13 heteroatoms. The lowest BCUT2D eigenvalue weighted by atomic mass is 9.95. The summed E-state index contributed by atoms with van der Waals surface area (Å²) >= 11 is 0. The molecule has 0 aromatic rings. The number of nitrogens with two attached hydrogens (primary N) is 2. The van der Waals surface area contributed by atoms with Crippen molar-refractivity contribution in [3.05, 3.63) is 0 Å². The molecule has 0 aromatic carbocycles. The monoisotopic (exact) mass is 487 g/mol. The summed E-state index contributed by atoms with van der Waals surface area (Å²) in [4.78, 5) is 71.6. The number of aliphatic carboxylic acids is 2. The Kier molecular flexibility index (Phi) is 13.4. The van der Waals surface area contributed by atoms with Crippen LogP contribution in [0.15, 0.2) is 0 Å². The molecule has 0 heterocycles. The molecule has 0 aromatic heterocycles. The molecule has 194 valence electrons. The van der Waals surface area contributed by atoms with Gasteiger partial charge in [-0.05, 0) is 18.3 Å². The van der Waals surface area contributed by atoms with Crippen molar-refractivity contribution in [1.29, 1.82) is 0 Å². The van der Waals surface area contributed by atoms with Gasteiger partial charge in [0.25, 0.3) is 0 Å². The Bertz CT molecular complexity index is 759. The highest BCUT2D eigenvalue weighted by atomic mass is 16.4. The van der Waals surface area contributed by atoms with Crippen molar-refractivity contribution in [3.8, 4) is 0 Å². The molecule has 0 saturated heterocycles. The first-order valence-electron chi connectivity index (χ1n) is 11.1. The summed E-state index contributed by atoms with van der Waals surface area (Å²) in [6.45, 7) is 7.17. The fourth-order valence-electron chi connectivity index (χ4n) is 2.93. The maximum absolute atomic E-state index is 13.0. The fourth-order valence-corrected chi connectivity index (χ4v) is 2.93. The summed E-state index contributed by atoms with van der Waals surface area (Å²) in [5.41, 5.74) is 11.1. The van der Waals surface area contributed by atoms with Gasteiger partial charge in [-0.1, -0.05) is 40.5 Å². The molecule has 0 aliphatic carbocycles. The summed E-state index contributed by atoms with van der Waals surface area (Å²) in [6, 6.07) is -5.07. The second-order valence-electron chi connectivity index (χ2n) is 8.35. The van der Waals surface area contributed by atoms with Crippen LogP contribution in [-0.2, 0) is 28.8 Å². The van der Waals surface area contributed by atoms with E-state index < -0.39 is 66.2 Å². The molecule has 0 rings (SSSR count). The molecular weight excluding hydrogens is 450 g/mol. The first-order valence-corrected chi connectivity index (χ1v) is 11.1. The van der Waals surface area contributed by atoms with Crippen LogP contribution < -0.4 is 27.4 Å². The predicted octanol–water partition coefficient (Wildman–Crippen LogP) is -1.31. The van der Waals surface area contributed by atoms with E-state index in [-0.39, 0.29) is 24.7 Å². The van der Waals surface area contributed by atoms with Gasteiger partial charge in [-0.2, -0.15) is 0 Å². The van der Waals surface area contributed by atoms with Gasteiger partial charge in [0.05, 0.1) is 12.5 Å². The fraction of sp³-hybridized carbons (Fsp3) is 0.714. The van der Waals surface area contributed by atoms with Crippen molar-refractivity contribution in [1.82, 2.24) is 16.0 Å². The van der Waals surface area contributed by atoms with E-state index in [2.05, 4.69) is 10.6 Å². The Morgan fingerprint density at radius 2 is 1.32 bits per heavy atom. The number of carbonyl (C=O) groups is 6. The van der Waals surface area contributed by atoms with E-state index in [1.54, 1.807) is 20.8 Å². The SMILES string of the molecule is CCC(C)C(N)C(=O)NC(C(=O)NC(CCC(N)=O)C(=O)NC(CC(=O)O)C(=O)O)C(C)CC. The number of carboxylic acid groups (broad SMARTS) is 2. The molecule has 6 atom stereocenters. The first-order chi connectivity index (χ1) is 15.7. The number of carboxylic acids is 2. The topological polar surface area (TPSA) is 231 Å². The van der Waals surface area contributed by atoms with Crippen LogP contribution in [0.5, 0.6) is 0 Å². The number of carbonyl (C=O) groups excluding carboxylic acids is 4. The van der Waals surface area contributed by atoms with Crippen LogP contribution >= 0.6 is 0 Å². The van der Waals surface area contributed by atoms with Crippen molar-refractivity contribution >= 4 is 35.6 Å². The molecule has 0 radical (unpaired) electrons. The zero-order valence-electron chi connectivity index (χ0n) is 20.0. The number of rotatable bonds is 16. The number of hydrogen-bond acceptors (Lipinski definition) is 7. The Hall–Kier alpha value is -3.22. The summed E-state index contributed by atoms with van der Waals surface area (Å²) in [7, 11) is 0. The van der Waals surface area contributed by atoms with E-state index in [4.69, 9.17) is 21.7 Å². The van der Waals surface area contributed by atoms with Crippen LogP contribution in [0.3, 0.4) is 0 Å². The van der Waals surface area contributed by atoms with Crippen molar-refractivity contribution in [2.24, 2.45) is 23.3 Å². The zero-order chi connectivity index (χ0) is 26.6. The lowest BCUT2D eigenvalue weighted by Crippen LogP contribution is -2.59. The van der Waals surface area contributed by atoms with Gasteiger partial charge in [-0.25, -0.2) is 4.79 Å². The highest BCUT2D eigenvalue weighted by molar-refractivity contribution is 5.95.